The predicted octanol–water partition coefficient (Wildman–Crippen LogP) is 2.36. The monoisotopic (exact) mass is 360 g/mol. The normalized spacial score (nSPS) is 19.8. The Kier molecular flexibility index (Phi) is 5.81. The lowest BCUT2D eigenvalue weighted by atomic mass is 9.73. The summed E-state index contributed by atoms with van der Waals surface area (Å²) in [6.07, 6.45) is 4.49. The summed E-state index contributed by atoms with van der Waals surface area (Å²) in [4.78, 5) is 26.5. The first kappa shape index (κ1) is 18.7. The van der Waals surface area contributed by atoms with Crippen molar-refractivity contribution in [1.82, 2.24) is 10.2 Å². The quantitative estimate of drug-likeness (QED) is 0.895. The van der Waals surface area contributed by atoms with Crippen LogP contribution in [0.15, 0.2) is 18.2 Å². The maximum absolute atomic E-state index is 12.9. The summed E-state index contributed by atoms with van der Waals surface area (Å²) in [6.45, 7) is 2.66. The fourth-order valence-electron chi connectivity index (χ4n) is 4.11. The molecule has 2 heterocycles. The Morgan fingerprint density at radius 3 is 2.65 bits per heavy atom. The zero-order chi connectivity index (χ0) is 18.6. The number of hydrogen-bond donors (Lipinski definition) is 1. The molecule has 0 atom stereocenters. The van der Waals surface area contributed by atoms with Gasteiger partial charge in [-0.2, -0.15) is 0 Å². The first-order chi connectivity index (χ1) is 12.6. The number of nitrogens with zero attached hydrogens (tertiary/aromatic N) is 1. The van der Waals surface area contributed by atoms with Gasteiger partial charge in [0, 0.05) is 44.3 Å². The second-order valence-corrected chi connectivity index (χ2v) is 7.35. The van der Waals surface area contributed by atoms with Crippen molar-refractivity contribution in [2.24, 2.45) is 5.41 Å². The maximum Gasteiger partial charge on any atom is 0.253 e. The first-order valence-corrected chi connectivity index (χ1v) is 9.29. The van der Waals surface area contributed by atoms with E-state index in [0.717, 1.165) is 56.6 Å². The second kappa shape index (κ2) is 8.08. The Balaban J connectivity index is 1.66. The molecule has 2 amide bonds. The van der Waals surface area contributed by atoms with Crippen LogP contribution in [0.5, 0.6) is 5.75 Å². The number of amides is 2. The molecule has 2 aliphatic heterocycles. The van der Waals surface area contributed by atoms with E-state index in [0.29, 0.717) is 18.6 Å². The summed E-state index contributed by atoms with van der Waals surface area (Å²) < 4.78 is 10.5. The van der Waals surface area contributed by atoms with Gasteiger partial charge in [-0.15, -0.1) is 0 Å². The summed E-state index contributed by atoms with van der Waals surface area (Å²) in [7, 11) is 3.25. The molecule has 0 aliphatic carbocycles. The van der Waals surface area contributed by atoms with Crippen molar-refractivity contribution in [1.29, 1.82) is 0 Å². The van der Waals surface area contributed by atoms with Crippen LogP contribution in [0, 0.1) is 5.41 Å². The molecule has 26 heavy (non-hydrogen) atoms. The fraction of sp³-hybridized carbons (Fsp3) is 0.600. The van der Waals surface area contributed by atoms with Gasteiger partial charge in [-0.05, 0) is 49.3 Å². The molecule has 3 rings (SSSR count). The van der Waals surface area contributed by atoms with Gasteiger partial charge in [0.05, 0.1) is 13.7 Å². The van der Waals surface area contributed by atoms with Crippen LogP contribution in [0.3, 0.4) is 0 Å². The number of benzene rings is 1. The number of nitrogens with one attached hydrogen (secondary N) is 1. The van der Waals surface area contributed by atoms with Crippen LogP contribution >= 0.6 is 0 Å². The van der Waals surface area contributed by atoms with Gasteiger partial charge in [0.1, 0.15) is 5.75 Å². The van der Waals surface area contributed by atoms with Gasteiger partial charge in [0.15, 0.2) is 0 Å². The number of hydrogen-bond acceptors (Lipinski definition) is 4. The smallest absolute Gasteiger partial charge is 0.253 e. The Hall–Kier alpha value is -2.08. The van der Waals surface area contributed by atoms with Gasteiger partial charge < -0.3 is 19.7 Å². The van der Waals surface area contributed by atoms with Crippen molar-refractivity contribution in [3.8, 4) is 5.75 Å². The SMILES string of the molecule is COCc1cc(C(=O)N2CCC3(CCNC(=O)CC3)CC2)ccc1OC. The van der Waals surface area contributed by atoms with Gasteiger partial charge in [0.2, 0.25) is 5.91 Å². The molecule has 6 heteroatoms. The third-order valence-electron chi connectivity index (χ3n) is 5.80. The Morgan fingerprint density at radius 1 is 1.19 bits per heavy atom. The van der Waals surface area contributed by atoms with Crippen LogP contribution in [0.25, 0.3) is 0 Å². The first-order valence-electron chi connectivity index (χ1n) is 9.29. The fourth-order valence-corrected chi connectivity index (χ4v) is 4.11. The lowest BCUT2D eigenvalue weighted by molar-refractivity contribution is -0.121. The van der Waals surface area contributed by atoms with Crippen LogP contribution in [-0.4, -0.2) is 50.6 Å². The number of rotatable bonds is 4. The molecule has 2 fully saturated rings. The summed E-state index contributed by atoms with van der Waals surface area (Å²) in [5, 5.41) is 2.96. The highest BCUT2D eigenvalue weighted by molar-refractivity contribution is 5.94. The number of carbonyl (C=O) groups is 2. The van der Waals surface area contributed by atoms with Gasteiger partial charge in [-0.25, -0.2) is 0 Å². The summed E-state index contributed by atoms with van der Waals surface area (Å²) in [6, 6.07) is 5.51. The molecule has 2 aliphatic rings. The molecule has 0 saturated carbocycles. The second-order valence-electron chi connectivity index (χ2n) is 7.35. The van der Waals surface area contributed by atoms with E-state index in [4.69, 9.17) is 9.47 Å². The molecule has 0 bridgehead atoms. The van der Waals surface area contributed by atoms with Gasteiger partial charge >= 0.3 is 0 Å². The van der Waals surface area contributed by atoms with E-state index in [2.05, 4.69) is 5.32 Å². The summed E-state index contributed by atoms with van der Waals surface area (Å²) in [5.41, 5.74) is 1.76. The van der Waals surface area contributed by atoms with Gasteiger partial charge in [-0.1, -0.05) is 0 Å². The van der Waals surface area contributed by atoms with Crippen molar-refractivity contribution >= 4 is 11.8 Å². The van der Waals surface area contributed by atoms with Gasteiger partial charge in [-0.3, -0.25) is 9.59 Å². The Labute approximate surface area is 154 Å². The molecule has 2 saturated heterocycles. The lowest BCUT2D eigenvalue weighted by Crippen LogP contribution is -2.43. The highest BCUT2D eigenvalue weighted by Crippen LogP contribution is 2.40. The van der Waals surface area contributed by atoms with Crippen LogP contribution in [0.4, 0.5) is 0 Å². The third kappa shape index (κ3) is 4.01. The van der Waals surface area contributed by atoms with Crippen molar-refractivity contribution in [3.63, 3.8) is 0 Å². The van der Waals surface area contributed by atoms with E-state index in [9.17, 15) is 9.59 Å². The molecule has 142 valence electrons. The van der Waals surface area contributed by atoms with E-state index in [1.165, 1.54) is 0 Å². The number of piperidine rings is 1. The highest BCUT2D eigenvalue weighted by Gasteiger charge is 2.37. The van der Waals surface area contributed by atoms with Crippen molar-refractivity contribution in [2.45, 2.75) is 38.7 Å². The average Bonchev–Trinajstić information content (AvgIpc) is 2.84. The topological polar surface area (TPSA) is 67.9 Å². The van der Waals surface area contributed by atoms with E-state index in [1.807, 2.05) is 23.1 Å². The van der Waals surface area contributed by atoms with E-state index >= 15 is 0 Å². The molecule has 0 radical (unpaired) electrons. The Morgan fingerprint density at radius 2 is 1.96 bits per heavy atom. The molecule has 1 spiro atoms. The van der Waals surface area contributed by atoms with Crippen molar-refractivity contribution in [2.75, 3.05) is 33.9 Å². The molecular formula is C20H28N2O4. The largest absolute Gasteiger partial charge is 0.496 e. The van der Waals surface area contributed by atoms with E-state index in [1.54, 1.807) is 14.2 Å². The van der Waals surface area contributed by atoms with Crippen LogP contribution < -0.4 is 10.1 Å². The number of likely N-dealkylation sites (tertiary alicyclic amines) is 1. The zero-order valence-electron chi connectivity index (χ0n) is 15.7. The maximum atomic E-state index is 12.9. The van der Waals surface area contributed by atoms with Crippen molar-refractivity contribution in [3.05, 3.63) is 29.3 Å². The zero-order valence-corrected chi connectivity index (χ0v) is 15.7. The van der Waals surface area contributed by atoms with E-state index in [-0.39, 0.29) is 17.2 Å². The minimum Gasteiger partial charge on any atom is -0.496 e. The standard InChI is InChI=1S/C20H28N2O4/c1-25-14-16-13-15(3-4-17(16)26-2)19(24)22-11-8-20(9-12-22)6-5-18(23)21-10-7-20/h3-4,13H,5-12,14H2,1-2H3,(H,21,23). The molecule has 1 aromatic carbocycles. The predicted molar refractivity (Wildman–Crippen MR) is 98.1 cm³/mol. The molecule has 1 aromatic rings. The van der Waals surface area contributed by atoms with Crippen molar-refractivity contribution < 1.29 is 19.1 Å². The highest BCUT2D eigenvalue weighted by atomic mass is 16.5. The molecule has 1 N–H and O–H groups in total. The minimum atomic E-state index is 0.0580. The molecule has 0 aromatic heterocycles. The molecule has 0 unspecified atom stereocenters. The van der Waals surface area contributed by atoms with Crippen LogP contribution in [-0.2, 0) is 16.1 Å². The number of ether oxygens (including phenoxy) is 2. The lowest BCUT2D eigenvalue weighted by Gasteiger charge is -2.41. The number of methoxy groups -OCH3 is 2. The third-order valence-corrected chi connectivity index (χ3v) is 5.80. The van der Waals surface area contributed by atoms with Crippen LogP contribution in [0.2, 0.25) is 0 Å². The summed E-state index contributed by atoms with van der Waals surface area (Å²) >= 11 is 0. The Bertz CT molecular complexity index is 666. The van der Waals surface area contributed by atoms with Gasteiger partial charge in [0.25, 0.3) is 5.91 Å². The molecular weight excluding hydrogens is 332 g/mol. The van der Waals surface area contributed by atoms with E-state index < -0.39 is 0 Å². The molecule has 6 nitrogen and oxygen atoms in total. The number of carbonyl (C=O) groups excluding carboxylic acids is 2. The summed E-state index contributed by atoms with van der Waals surface area (Å²) in [5.74, 6) is 0.948. The minimum absolute atomic E-state index is 0.0580. The average molecular weight is 360 g/mol. The van der Waals surface area contributed by atoms with Crippen LogP contribution in [0.1, 0.15) is 48.0 Å².